The normalized spacial score (nSPS) is 11.2. The number of nitrogens with two attached hydrogens (primary N) is 1. The van der Waals surface area contributed by atoms with E-state index in [1.807, 2.05) is 36.4 Å². The molecule has 4 rings (SSSR count). The first-order chi connectivity index (χ1) is 15.0. The van der Waals surface area contributed by atoms with Gasteiger partial charge in [-0.05, 0) is 67.4 Å². The van der Waals surface area contributed by atoms with Gasteiger partial charge in [0.25, 0.3) is 0 Å². The molecule has 0 aliphatic carbocycles. The van der Waals surface area contributed by atoms with Crippen molar-refractivity contribution in [3.63, 3.8) is 0 Å². The topological polar surface area (TPSA) is 78.4 Å². The number of anilines is 1. The highest BCUT2D eigenvalue weighted by Gasteiger charge is 2.19. The third-order valence-electron chi connectivity index (χ3n) is 5.30. The molecule has 0 saturated carbocycles. The second kappa shape index (κ2) is 8.65. The van der Waals surface area contributed by atoms with Gasteiger partial charge in [0.15, 0.2) is 5.82 Å². The highest BCUT2D eigenvalue weighted by molar-refractivity contribution is 5.92. The fourth-order valence-corrected chi connectivity index (χ4v) is 3.76. The smallest absolute Gasteiger partial charge is 0.155 e. The number of nitrogens with zero attached hydrogens (tertiary/aromatic N) is 4. The fourth-order valence-electron chi connectivity index (χ4n) is 3.76. The highest BCUT2D eigenvalue weighted by atomic mass is 16.5. The molecule has 2 heterocycles. The first kappa shape index (κ1) is 20.7. The van der Waals surface area contributed by atoms with Gasteiger partial charge in [-0.1, -0.05) is 12.1 Å². The molecule has 0 fully saturated rings. The number of benzene rings is 2. The molecule has 0 amide bonds. The number of hydrogen-bond donors (Lipinski definition) is 1. The van der Waals surface area contributed by atoms with Crippen LogP contribution in [0.15, 0.2) is 60.9 Å². The zero-order valence-electron chi connectivity index (χ0n) is 18.2. The van der Waals surface area contributed by atoms with Crippen LogP contribution in [0.25, 0.3) is 22.3 Å². The van der Waals surface area contributed by atoms with Gasteiger partial charge in [0.05, 0.1) is 31.8 Å². The molecule has 0 atom stereocenters. The second-order valence-corrected chi connectivity index (χ2v) is 7.63. The van der Waals surface area contributed by atoms with Crippen LogP contribution in [0.4, 0.5) is 5.82 Å². The summed E-state index contributed by atoms with van der Waals surface area (Å²) < 4.78 is 12.8. The summed E-state index contributed by atoms with van der Waals surface area (Å²) in [4.78, 5) is 9.09. The zero-order valence-corrected chi connectivity index (χ0v) is 18.2. The maximum Gasteiger partial charge on any atom is 0.155 e. The quantitative estimate of drug-likeness (QED) is 0.350. The van der Waals surface area contributed by atoms with Gasteiger partial charge in [0, 0.05) is 6.04 Å². The molecule has 2 N–H and O–H groups in total. The Bertz CT molecular complexity index is 1170. The van der Waals surface area contributed by atoms with Gasteiger partial charge in [-0.15, -0.1) is 0 Å². The van der Waals surface area contributed by atoms with Crippen molar-refractivity contribution in [3.05, 3.63) is 66.5 Å². The van der Waals surface area contributed by atoms with Crippen molar-refractivity contribution in [2.45, 2.75) is 26.4 Å². The second-order valence-electron chi connectivity index (χ2n) is 7.63. The Morgan fingerprint density at radius 2 is 1.55 bits per heavy atom. The van der Waals surface area contributed by atoms with Gasteiger partial charge in [-0.2, -0.15) is 0 Å². The van der Waals surface area contributed by atoms with Crippen LogP contribution in [0.3, 0.4) is 0 Å². The van der Waals surface area contributed by atoms with E-state index in [1.165, 1.54) is 0 Å². The van der Waals surface area contributed by atoms with E-state index < -0.39 is 0 Å². The van der Waals surface area contributed by atoms with Crippen LogP contribution in [0, 0.1) is 0 Å². The molecule has 160 valence electrons. The van der Waals surface area contributed by atoms with Gasteiger partial charge in [-0.3, -0.25) is 5.01 Å². The summed E-state index contributed by atoms with van der Waals surface area (Å²) in [5.74, 6) is 8.79. The van der Waals surface area contributed by atoms with Crippen molar-refractivity contribution >= 4 is 16.9 Å². The number of fused-ring (bicyclic) bond motifs is 1. The number of rotatable bonds is 7. The lowest BCUT2D eigenvalue weighted by Crippen LogP contribution is -2.31. The molecular formula is C24H27N5O2. The zero-order chi connectivity index (χ0) is 22.0. The lowest BCUT2D eigenvalue weighted by molar-refractivity contribution is 0.414. The summed E-state index contributed by atoms with van der Waals surface area (Å²) in [6.45, 7) is 4.80. The molecule has 7 heteroatoms. The van der Waals surface area contributed by atoms with Gasteiger partial charge >= 0.3 is 0 Å². The van der Waals surface area contributed by atoms with E-state index in [1.54, 1.807) is 25.6 Å². The molecule has 2 aromatic carbocycles. The Morgan fingerprint density at radius 1 is 0.935 bits per heavy atom. The SMILES string of the molecule is COc1ccc(CN(N)c2ncnc3c2cc(-c2ccc(OC)cc2)n3C(C)C)cc1. The highest BCUT2D eigenvalue weighted by Crippen LogP contribution is 2.34. The van der Waals surface area contributed by atoms with Crippen LogP contribution in [-0.2, 0) is 6.54 Å². The molecule has 2 aromatic heterocycles. The average Bonchev–Trinajstić information content (AvgIpc) is 3.19. The molecule has 0 bridgehead atoms. The largest absolute Gasteiger partial charge is 0.497 e. The number of hydrazine groups is 1. The number of methoxy groups -OCH3 is 2. The van der Waals surface area contributed by atoms with E-state index in [0.29, 0.717) is 12.4 Å². The minimum atomic E-state index is 0.213. The van der Waals surface area contributed by atoms with Crippen LogP contribution in [0.2, 0.25) is 0 Å². The predicted octanol–water partition coefficient (Wildman–Crippen LogP) is 4.58. The summed E-state index contributed by atoms with van der Waals surface area (Å²) in [6.07, 6.45) is 1.57. The third kappa shape index (κ3) is 4.04. The molecule has 7 nitrogen and oxygen atoms in total. The fraction of sp³-hybridized carbons (Fsp3) is 0.250. The van der Waals surface area contributed by atoms with E-state index in [0.717, 1.165) is 39.4 Å². The van der Waals surface area contributed by atoms with E-state index in [-0.39, 0.29) is 6.04 Å². The Morgan fingerprint density at radius 3 is 2.13 bits per heavy atom. The van der Waals surface area contributed by atoms with E-state index in [9.17, 15) is 0 Å². The number of aromatic nitrogens is 3. The van der Waals surface area contributed by atoms with Gasteiger partial charge < -0.3 is 14.0 Å². The maximum absolute atomic E-state index is 6.46. The Balaban J connectivity index is 1.76. The van der Waals surface area contributed by atoms with E-state index >= 15 is 0 Å². The maximum atomic E-state index is 6.46. The number of ether oxygens (including phenoxy) is 2. The van der Waals surface area contributed by atoms with Crippen LogP contribution >= 0.6 is 0 Å². The molecule has 0 saturated heterocycles. The van der Waals surface area contributed by atoms with Crippen molar-refractivity contribution in [1.29, 1.82) is 0 Å². The molecule has 0 unspecified atom stereocenters. The third-order valence-corrected chi connectivity index (χ3v) is 5.30. The van der Waals surface area contributed by atoms with Crippen LogP contribution < -0.4 is 20.3 Å². The van der Waals surface area contributed by atoms with Gasteiger partial charge in [0.1, 0.15) is 23.5 Å². The minimum Gasteiger partial charge on any atom is -0.497 e. The van der Waals surface area contributed by atoms with Gasteiger partial charge in [0.2, 0.25) is 0 Å². The Kier molecular flexibility index (Phi) is 5.77. The van der Waals surface area contributed by atoms with Crippen LogP contribution in [0.5, 0.6) is 11.5 Å². The average molecular weight is 418 g/mol. The molecule has 0 spiro atoms. The Hall–Kier alpha value is -3.58. The van der Waals surface area contributed by atoms with Gasteiger partial charge in [-0.25, -0.2) is 15.8 Å². The monoisotopic (exact) mass is 417 g/mol. The van der Waals surface area contributed by atoms with Crippen molar-refractivity contribution in [2.75, 3.05) is 19.2 Å². The first-order valence-corrected chi connectivity index (χ1v) is 10.2. The summed E-state index contributed by atoms with van der Waals surface area (Å²) >= 11 is 0. The first-order valence-electron chi connectivity index (χ1n) is 10.2. The van der Waals surface area contributed by atoms with Crippen LogP contribution in [0.1, 0.15) is 25.5 Å². The molecule has 31 heavy (non-hydrogen) atoms. The molecule has 0 aliphatic heterocycles. The summed E-state index contributed by atoms with van der Waals surface area (Å²) in [5.41, 5.74) is 4.06. The summed E-state index contributed by atoms with van der Waals surface area (Å²) in [7, 11) is 3.32. The van der Waals surface area contributed by atoms with Crippen LogP contribution in [-0.4, -0.2) is 28.8 Å². The number of hydrogen-bond acceptors (Lipinski definition) is 6. The summed E-state index contributed by atoms with van der Waals surface area (Å²) in [5, 5.41) is 2.58. The standard InChI is InChI=1S/C24H27N5O2/c1-16(2)29-22(18-7-11-20(31-4)12-8-18)13-21-23(26-15-27-24(21)29)28(25)14-17-5-9-19(30-3)10-6-17/h5-13,15-16H,14,25H2,1-4H3. The van der Waals surface area contributed by atoms with E-state index in [4.69, 9.17) is 15.3 Å². The van der Waals surface area contributed by atoms with Crippen molar-refractivity contribution in [1.82, 2.24) is 14.5 Å². The lowest BCUT2D eigenvalue weighted by Gasteiger charge is -2.19. The molecular weight excluding hydrogens is 390 g/mol. The van der Waals surface area contributed by atoms with Crippen molar-refractivity contribution in [3.8, 4) is 22.8 Å². The predicted molar refractivity (Wildman–Crippen MR) is 123 cm³/mol. The van der Waals surface area contributed by atoms with E-state index in [2.05, 4.69) is 46.6 Å². The van der Waals surface area contributed by atoms with Crippen molar-refractivity contribution in [2.24, 2.45) is 5.84 Å². The summed E-state index contributed by atoms with van der Waals surface area (Å²) in [6, 6.07) is 18.2. The Labute approximate surface area is 182 Å². The van der Waals surface area contributed by atoms with Crippen molar-refractivity contribution < 1.29 is 9.47 Å². The molecule has 0 aliphatic rings. The lowest BCUT2D eigenvalue weighted by atomic mass is 10.1. The minimum absolute atomic E-state index is 0.213. The molecule has 0 radical (unpaired) electrons. The molecule has 4 aromatic rings.